The Bertz CT molecular complexity index is 502. The van der Waals surface area contributed by atoms with Crippen molar-refractivity contribution < 1.29 is 4.74 Å². The molecule has 2 aliphatic heterocycles. The molecule has 0 radical (unpaired) electrons. The average Bonchev–Trinajstić information content (AvgIpc) is 3.14. The summed E-state index contributed by atoms with van der Waals surface area (Å²) in [4.78, 5) is 9.70. The summed E-state index contributed by atoms with van der Waals surface area (Å²) in [5, 5.41) is 3.42. The zero-order valence-electron chi connectivity index (χ0n) is 11.5. The highest BCUT2D eigenvalue weighted by Crippen LogP contribution is 2.44. The highest BCUT2D eigenvalue weighted by molar-refractivity contribution is 5.49. The van der Waals surface area contributed by atoms with Crippen LogP contribution in [0.25, 0.3) is 0 Å². The van der Waals surface area contributed by atoms with Crippen molar-refractivity contribution in [2.24, 2.45) is 0 Å². The van der Waals surface area contributed by atoms with Crippen LogP contribution in [0.15, 0.2) is 0 Å². The molecule has 19 heavy (non-hydrogen) atoms. The van der Waals surface area contributed by atoms with Crippen LogP contribution in [0.3, 0.4) is 0 Å². The van der Waals surface area contributed by atoms with E-state index >= 15 is 0 Å². The van der Waals surface area contributed by atoms with E-state index in [9.17, 15) is 0 Å². The molecular weight excluding hydrogens is 238 g/mol. The third-order valence-electron chi connectivity index (χ3n) is 4.73. The highest BCUT2D eigenvalue weighted by Gasteiger charge is 2.43. The van der Waals surface area contributed by atoms with Gasteiger partial charge in [0.1, 0.15) is 11.6 Å². The van der Waals surface area contributed by atoms with Gasteiger partial charge in [0.05, 0.1) is 12.2 Å². The largest absolute Gasteiger partial charge is 0.374 e. The molecule has 102 valence electrons. The molecule has 4 rings (SSSR count). The van der Waals surface area contributed by atoms with Gasteiger partial charge in [0.2, 0.25) is 0 Å². The molecule has 2 saturated heterocycles. The first-order valence-electron chi connectivity index (χ1n) is 7.64. The molecule has 0 spiro atoms. The summed E-state index contributed by atoms with van der Waals surface area (Å²) >= 11 is 0. The number of rotatable bonds is 3. The molecule has 2 fully saturated rings. The van der Waals surface area contributed by atoms with Crippen LogP contribution in [0.2, 0.25) is 0 Å². The summed E-state index contributed by atoms with van der Waals surface area (Å²) in [7, 11) is 0. The van der Waals surface area contributed by atoms with Gasteiger partial charge in [-0.2, -0.15) is 0 Å². The van der Waals surface area contributed by atoms with E-state index in [1.807, 2.05) is 0 Å². The summed E-state index contributed by atoms with van der Waals surface area (Å²) in [6, 6.07) is 0. The number of nitrogens with one attached hydrogen (secondary N) is 1. The van der Waals surface area contributed by atoms with Crippen LogP contribution in [0.4, 0.5) is 5.82 Å². The third-order valence-corrected chi connectivity index (χ3v) is 4.73. The molecule has 1 N–H and O–H groups in total. The van der Waals surface area contributed by atoms with Crippen LogP contribution in [0, 0.1) is 0 Å². The number of aromatic nitrogens is 2. The summed E-state index contributed by atoms with van der Waals surface area (Å²) in [6.45, 7) is 3.06. The Labute approximate surface area is 114 Å². The van der Waals surface area contributed by atoms with Gasteiger partial charge in [0.15, 0.2) is 0 Å². The van der Waals surface area contributed by atoms with Crippen molar-refractivity contribution in [2.75, 3.05) is 11.9 Å². The van der Waals surface area contributed by atoms with E-state index in [0.717, 1.165) is 37.4 Å². The summed E-state index contributed by atoms with van der Waals surface area (Å²) in [6.07, 6.45) is 7.84. The lowest BCUT2D eigenvalue weighted by Crippen LogP contribution is -2.19. The Hall–Kier alpha value is -1.16. The topological polar surface area (TPSA) is 47.0 Å². The van der Waals surface area contributed by atoms with Crippen LogP contribution < -0.4 is 5.32 Å². The van der Waals surface area contributed by atoms with Gasteiger partial charge in [-0.25, -0.2) is 9.97 Å². The molecule has 1 aliphatic carbocycles. The van der Waals surface area contributed by atoms with Gasteiger partial charge in [0, 0.05) is 23.7 Å². The predicted molar refractivity (Wildman–Crippen MR) is 73.5 cm³/mol. The van der Waals surface area contributed by atoms with E-state index in [1.165, 1.54) is 30.5 Å². The molecule has 3 unspecified atom stereocenters. The van der Waals surface area contributed by atoms with Crippen LogP contribution >= 0.6 is 0 Å². The maximum absolute atomic E-state index is 5.96. The summed E-state index contributed by atoms with van der Waals surface area (Å²) in [5.74, 6) is 2.55. The van der Waals surface area contributed by atoms with E-state index in [1.54, 1.807) is 0 Å². The van der Waals surface area contributed by atoms with E-state index in [0.29, 0.717) is 18.1 Å². The molecule has 3 heterocycles. The lowest BCUT2D eigenvalue weighted by molar-refractivity contribution is 0.0998. The number of anilines is 1. The molecule has 0 aromatic carbocycles. The lowest BCUT2D eigenvalue weighted by Gasteiger charge is -2.19. The number of nitrogens with zero attached hydrogens (tertiary/aromatic N) is 2. The van der Waals surface area contributed by atoms with Crippen LogP contribution in [0.1, 0.15) is 55.6 Å². The molecule has 1 aromatic rings. The smallest absolute Gasteiger partial charge is 0.136 e. The summed E-state index contributed by atoms with van der Waals surface area (Å²) in [5.41, 5.74) is 2.64. The minimum Gasteiger partial charge on any atom is -0.374 e. The first-order chi connectivity index (χ1) is 9.35. The quantitative estimate of drug-likeness (QED) is 0.905. The minimum atomic E-state index is 0.374. The summed E-state index contributed by atoms with van der Waals surface area (Å²) < 4.78 is 5.96. The molecule has 4 heteroatoms. The fourth-order valence-corrected chi connectivity index (χ4v) is 3.84. The Kier molecular flexibility index (Phi) is 2.72. The Balaban J connectivity index is 1.70. The van der Waals surface area contributed by atoms with Crippen molar-refractivity contribution in [3.05, 3.63) is 17.1 Å². The highest BCUT2D eigenvalue weighted by atomic mass is 16.5. The van der Waals surface area contributed by atoms with Gasteiger partial charge in [-0.1, -0.05) is 0 Å². The third kappa shape index (κ3) is 1.84. The molecular formula is C15H21N3O. The Morgan fingerprint density at radius 1 is 1.26 bits per heavy atom. The van der Waals surface area contributed by atoms with E-state index in [4.69, 9.17) is 14.7 Å². The number of hydrogen-bond acceptors (Lipinski definition) is 4. The first-order valence-corrected chi connectivity index (χ1v) is 7.64. The second-order valence-electron chi connectivity index (χ2n) is 5.96. The monoisotopic (exact) mass is 259 g/mol. The van der Waals surface area contributed by atoms with Crippen molar-refractivity contribution >= 4 is 5.82 Å². The van der Waals surface area contributed by atoms with Gasteiger partial charge < -0.3 is 10.1 Å². The average molecular weight is 259 g/mol. The number of ether oxygens (including phenoxy) is 1. The van der Waals surface area contributed by atoms with Crippen molar-refractivity contribution in [3.8, 4) is 0 Å². The Morgan fingerprint density at radius 2 is 2.21 bits per heavy atom. The van der Waals surface area contributed by atoms with Gasteiger partial charge in [-0.3, -0.25) is 0 Å². The number of aryl methyl sites for hydroxylation is 1. The van der Waals surface area contributed by atoms with Crippen LogP contribution in [0.5, 0.6) is 0 Å². The maximum Gasteiger partial charge on any atom is 0.136 e. The van der Waals surface area contributed by atoms with Gasteiger partial charge in [0.25, 0.3) is 0 Å². The second kappa shape index (κ2) is 4.44. The van der Waals surface area contributed by atoms with Gasteiger partial charge >= 0.3 is 0 Å². The van der Waals surface area contributed by atoms with Crippen LogP contribution in [-0.4, -0.2) is 28.7 Å². The van der Waals surface area contributed by atoms with Crippen molar-refractivity contribution in [2.45, 2.75) is 63.6 Å². The Morgan fingerprint density at radius 3 is 2.95 bits per heavy atom. The lowest BCUT2D eigenvalue weighted by atomic mass is 9.88. The molecule has 0 amide bonds. The molecule has 2 bridgehead atoms. The maximum atomic E-state index is 5.96. The van der Waals surface area contributed by atoms with Crippen molar-refractivity contribution in [1.29, 1.82) is 0 Å². The van der Waals surface area contributed by atoms with Crippen molar-refractivity contribution in [1.82, 2.24) is 9.97 Å². The number of fused-ring (bicyclic) bond motifs is 3. The molecule has 3 aliphatic rings. The second-order valence-corrected chi connectivity index (χ2v) is 5.96. The van der Waals surface area contributed by atoms with Gasteiger partial charge in [-0.05, 0) is 45.4 Å². The zero-order chi connectivity index (χ0) is 12.8. The van der Waals surface area contributed by atoms with Crippen LogP contribution in [-0.2, 0) is 17.6 Å². The fourth-order valence-electron chi connectivity index (χ4n) is 3.84. The SMILES string of the molecule is CCNc1nc(C2CC3CCC2O3)nc2c1CCC2. The van der Waals surface area contributed by atoms with E-state index in [2.05, 4.69) is 12.2 Å². The minimum absolute atomic E-state index is 0.374. The standard InChI is InChI=1S/C15H21N3O/c1-2-16-14-10-4-3-5-12(10)17-15(18-14)11-8-9-6-7-13(11)19-9/h9,11,13H,2-8H2,1H3,(H,16,17,18). The molecule has 3 atom stereocenters. The molecule has 1 aromatic heterocycles. The molecule has 0 saturated carbocycles. The fraction of sp³-hybridized carbons (Fsp3) is 0.733. The van der Waals surface area contributed by atoms with Crippen molar-refractivity contribution in [3.63, 3.8) is 0 Å². The normalized spacial score (nSPS) is 31.7. The zero-order valence-corrected chi connectivity index (χ0v) is 11.5. The number of hydrogen-bond donors (Lipinski definition) is 1. The predicted octanol–water partition coefficient (Wildman–Crippen LogP) is 2.43. The molecule has 4 nitrogen and oxygen atoms in total. The van der Waals surface area contributed by atoms with Gasteiger partial charge in [-0.15, -0.1) is 0 Å². The van der Waals surface area contributed by atoms with E-state index < -0.39 is 0 Å². The first kappa shape index (κ1) is 11.6. The van der Waals surface area contributed by atoms with E-state index in [-0.39, 0.29) is 0 Å².